The van der Waals surface area contributed by atoms with Crippen molar-refractivity contribution >= 4 is 21.6 Å². The van der Waals surface area contributed by atoms with Crippen LogP contribution in [-0.2, 0) is 10.0 Å². The second kappa shape index (κ2) is 6.17. The highest BCUT2D eigenvalue weighted by molar-refractivity contribution is 7.89. The molecule has 4 nitrogen and oxygen atoms in total. The molecule has 0 radical (unpaired) electrons. The van der Waals surface area contributed by atoms with Crippen molar-refractivity contribution in [3.05, 3.63) is 29.0 Å². The lowest BCUT2D eigenvalue weighted by molar-refractivity contribution is 0.213. The van der Waals surface area contributed by atoms with Crippen LogP contribution in [0, 0.1) is 11.2 Å². The molecule has 1 aromatic carbocycles. The molecule has 0 saturated heterocycles. The monoisotopic (exact) mass is 309 g/mol. The third kappa shape index (κ3) is 4.72. The lowest BCUT2D eigenvalue weighted by Gasteiger charge is -2.23. The first-order chi connectivity index (χ1) is 8.68. The van der Waals surface area contributed by atoms with Crippen molar-refractivity contribution in [3.8, 4) is 0 Å². The van der Waals surface area contributed by atoms with E-state index in [0.29, 0.717) is 6.42 Å². The van der Waals surface area contributed by atoms with E-state index in [1.54, 1.807) is 0 Å². The van der Waals surface area contributed by atoms with Gasteiger partial charge in [-0.05, 0) is 30.0 Å². The molecule has 1 rings (SSSR count). The Morgan fingerprint density at radius 2 is 2.05 bits per heavy atom. The number of benzene rings is 1. The van der Waals surface area contributed by atoms with E-state index >= 15 is 0 Å². The van der Waals surface area contributed by atoms with Crippen molar-refractivity contribution in [2.45, 2.75) is 25.2 Å². The van der Waals surface area contributed by atoms with Crippen molar-refractivity contribution in [1.82, 2.24) is 4.72 Å². The van der Waals surface area contributed by atoms with Crippen LogP contribution in [0.1, 0.15) is 20.3 Å². The molecule has 1 aromatic rings. The summed E-state index contributed by atoms with van der Waals surface area (Å²) in [6.07, 6.45) is 0.443. The zero-order chi connectivity index (χ0) is 14.7. The quantitative estimate of drug-likeness (QED) is 0.846. The predicted octanol–water partition coefficient (Wildman–Crippen LogP) is 2.17. The summed E-state index contributed by atoms with van der Waals surface area (Å²) in [6.45, 7) is 3.69. The number of hydrogen-bond acceptors (Lipinski definition) is 3. The Kier molecular flexibility index (Phi) is 5.32. The van der Waals surface area contributed by atoms with Crippen molar-refractivity contribution in [2.75, 3.05) is 13.2 Å². The maximum absolute atomic E-state index is 13.6. The van der Waals surface area contributed by atoms with Gasteiger partial charge in [0.2, 0.25) is 10.0 Å². The molecule has 0 amide bonds. The van der Waals surface area contributed by atoms with Gasteiger partial charge in [-0.15, -0.1) is 0 Å². The van der Waals surface area contributed by atoms with Crippen LogP contribution in [0.2, 0.25) is 5.02 Å². The number of aliphatic hydroxyl groups is 1. The van der Waals surface area contributed by atoms with Crippen LogP contribution in [0.5, 0.6) is 0 Å². The first-order valence-corrected chi connectivity index (χ1v) is 7.60. The second-order valence-corrected chi connectivity index (χ2v) is 7.21. The minimum absolute atomic E-state index is 0.0377. The SMILES string of the molecule is CC(C)(CCO)CNS(=O)(=O)c1ccc(Cl)cc1F. The molecule has 108 valence electrons. The summed E-state index contributed by atoms with van der Waals surface area (Å²) in [6, 6.07) is 3.39. The Labute approximate surface area is 117 Å². The first kappa shape index (κ1) is 16.4. The average Bonchev–Trinajstić information content (AvgIpc) is 2.26. The van der Waals surface area contributed by atoms with E-state index in [-0.39, 0.29) is 18.2 Å². The Bertz CT molecular complexity index is 546. The van der Waals surface area contributed by atoms with Gasteiger partial charge in [0.15, 0.2) is 0 Å². The lowest BCUT2D eigenvalue weighted by Crippen LogP contribution is -2.34. The maximum Gasteiger partial charge on any atom is 0.243 e. The van der Waals surface area contributed by atoms with Crippen molar-refractivity contribution in [1.29, 1.82) is 0 Å². The molecule has 0 aromatic heterocycles. The molecule has 0 unspecified atom stereocenters. The van der Waals surface area contributed by atoms with E-state index in [0.717, 1.165) is 12.1 Å². The smallest absolute Gasteiger partial charge is 0.243 e. The topological polar surface area (TPSA) is 66.4 Å². The largest absolute Gasteiger partial charge is 0.396 e. The van der Waals surface area contributed by atoms with Gasteiger partial charge in [-0.3, -0.25) is 0 Å². The summed E-state index contributed by atoms with van der Waals surface area (Å²) in [7, 11) is -3.92. The summed E-state index contributed by atoms with van der Waals surface area (Å²) in [4.78, 5) is -0.434. The molecular formula is C12H17ClFNO3S. The van der Waals surface area contributed by atoms with E-state index in [9.17, 15) is 12.8 Å². The molecule has 0 aliphatic carbocycles. The van der Waals surface area contributed by atoms with E-state index in [2.05, 4.69) is 4.72 Å². The van der Waals surface area contributed by atoms with E-state index < -0.39 is 26.2 Å². The van der Waals surface area contributed by atoms with Gasteiger partial charge < -0.3 is 5.11 Å². The first-order valence-electron chi connectivity index (χ1n) is 5.73. The maximum atomic E-state index is 13.6. The summed E-state index contributed by atoms with van der Waals surface area (Å²) in [5.74, 6) is -0.889. The fourth-order valence-corrected chi connectivity index (χ4v) is 2.91. The third-order valence-corrected chi connectivity index (χ3v) is 4.38. The molecule has 0 bridgehead atoms. The van der Waals surface area contributed by atoms with Crippen molar-refractivity contribution in [3.63, 3.8) is 0 Å². The standard InChI is InChI=1S/C12H17ClFNO3S/c1-12(2,5-6-16)8-15-19(17,18)11-4-3-9(13)7-10(11)14/h3-4,7,15-16H,5-6,8H2,1-2H3. The number of hydrogen-bond donors (Lipinski definition) is 2. The highest BCUT2D eigenvalue weighted by Crippen LogP contribution is 2.22. The van der Waals surface area contributed by atoms with Crippen LogP contribution in [0.15, 0.2) is 23.1 Å². The lowest BCUT2D eigenvalue weighted by atomic mass is 9.90. The summed E-state index contributed by atoms with van der Waals surface area (Å²) in [5.41, 5.74) is -0.412. The van der Waals surface area contributed by atoms with Crippen molar-refractivity contribution in [2.24, 2.45) is 5.41 Å². The second-order valence-electron chi connectivity index (χ2n) is 5.04. The summed E-state index contributed by atoms with van der Waals surface area (Å²) in [5, 5.41) is 9.01. The Balaban J connectivity index is 2.87. The molecular weight excluding hydrogens is 293 g/mol. The molecule has 0 aliphatic rings. The van der Waals surface area contributed by atoms with Crippen LogP contribution in [0.25, 0.3) is 0 Å². The van der Waals surface area contributed by atoms with Crippen LogP contribution >= 0.6 is 11.6 Å². The molecule has 0 fully saturated rings. The van der Waals surface area contributed by atoms with E-state index in [1.165, 1.54) is 6.07 Å². The molecule has 19 heavy (non-hydrogen) atoms. The third-order valence-electron chi connectivity index (χ3n) is 2.71. The fourth-order valence-electron chi connectivity index (χ4n) is 1.45. The van der Waals surface area contributed by atoms with Gasteiger partial charge in [0.1, 0.15) is 10.7 Å². The molecule has 0 saturated carbocycles. The number of rotatable bonds is 6. The molecule has 2 N–H and O–H groups in total. The molecule has 0 spiro atoms. The Morgan fingerprint density at radius 3 is 2.58 bits per heavy atom. The number of nitrogens with one attached hydrogen (secondary N) is 1. The predicted molar refractivity (Wildman–Crippen MR) is 72.1 cm³/mol. The Morgan fingerprint density at radius 1 is 1.42 bits per heavy atom. The molecule has 0 aliphatic heterocycles. The average molecular weight is 310 g/mol. The van der Waals surface area contributed by atoms with E-state index in [1.807, 2.05) is 13.8 Å². The van der Waals surface area contributed by atoms with Gasteiger partial charge in [-0.2, -0.15) is 0 Å². The normalized spacial score (nSPS) is 12.7. The zero-order valence-electron chi connectivity index (χ0n) is 10.8. The van der Waals surface area contributed by atoms with Gasteiger partial charge in [0, 0.05) is 18.2 Å². The van der Waals surface area contributed by atoms with E-state index in [4.69, 9.17) is 16.7 Å². The minimum atomic E-state index is -3.92. The van der Waals surface area contributed by atoms with Crippen LogP contribution in [0.4, 0.5) is 4.39 Å². The van der Waals surface area contributed by atoms with Gasteiger partial charge in [-0.1, -0.05) is 25.4 Å². The zero-order valence-corrected chi connectivity index (χ0v) is 12.4. The molecule has 0 atom stereocenters. The summed E-state index contributed by atoms with van der Waals surface area (Å²) >= 11 is 5.57. The van der Waals surface area contributed by atoms with Crippen LogP contribution in [-0.4, -0.2) is 26.7 Å². The Hall–Kier alpha value is -0.690. The summed E-state index contributed by atoms with van der Waals surface area (Å²) < 4.78 is 39.8. The number of halogens is 2. The van der Waals surface area contributed by atoms with Crippen molar-refractivity contribution < 1.29 is 17.9 Å². The fraction of sp³-hybridized carbons (Fsp3) is 0.500. The number of aliphatic hydroxyl groups excluding tert-OH is 1. The minimum Gasteiger partial charge on any atom is -0.396 e. The highest BCUT2D eigenvalue weighted by atomic mass is 35.5. The van der Waals surface area contributed by atoms with Crippen LogP contribution < -0.4 is 4.72 Å². The van der Waals surface area contributed by atoms with Crippen LogP contribution in [0.3, 0.4) is 0 Å². The number of sulfonamides is 1. The van der Waals surface area contributed by atoms with Gasteiger partial charge in [0.05, 0.1) is 0 Å². The van der Waals surface area contributed by atoms with Gasteiger partial charge in [0.25, 0.3) is 0 Å². The van der Waals surface area contributed by atoms with Gasteiger partial charge >= 0.3 is 0 Å². The molecule has 0 heterocycles. The molecule has 7 heteroatoms. The highest BCUT2D eigenvalue weighted by Gasteiger charge is 2.24. The van der Waals surface area contributed by atoms with Gasteiger partial charge in [-0.25, -0.2) is 17.5 Å².